The van der Waals surface area contributed by atoms with Crippen molar-refractivity contribution in [1.29, 1.82) is 5.41 Å². The SMILES string of the molecule is N=C(Cc1cccc(OCCOc2cccc(N=C(N)c3cccs3)c2)c1)c1cccs1. The number of nitrogens with one attached hydrogen (secondary N) is 1. The Morgan fingerprint density at radius 2 is 1.47 bits per heavy atom. The van der Waals surface area contributed by atoms with E-state index in [2.05, 4.69) is 4.99 Å². The zero-order chi connectivity index (χ0) is 22.2. The van der Waals surface area contributed by atoms with E-state index in [0.29, 0.717) is 36.9 Å². The number of hydrogen-bond donors (Lipinski definition) is 2. The number of hydrogen-bond acceptors (Lipinski definition) is 6. The molecule has 0 spiro atoms. The van der Waals surface area contributed by atoms with Crippen molar-refractivity contribution < 1.29 is 9.47 Å². The van der Waals surface area contributed by atoms with Gasteiger partial charge in [0.2, 0.25) is 0 Å². The Morgan fingerprint density at radius 1 is 0.812 bits per heavy atom. The first-order valence-electron chi connectivity index (χ1n) is 10.1. The van der Waals surface area contributed by atoms with Gasteiger partial charge in [-0.05, 0) is 52.7 Å². The van der Waals surface area contributed by atoms with E-state index in [1.165, 1.54) is 0 Å². The summed E-state index contributed by atoms with van der Waals surface area (Å²) in [5, 5.41) is 12.2. The molecular formula is C25H23N3O2S2. The smallest absolute Gasteiger partial charge is 0.141 e. The standard InChI is InChI=1S/C25H23N3O2S2/c26-22(23-9-3-13-31-23)16-18-5-1-7-20(15-18)29-11-12-30-21-8-2-6-19(17-21)28-25(27)24-10-4-14-32-24/h1-10,13-15,17,26H,11-12,16H2,(H2,27,28). The van der Waals surface area contributed by atoms with Crippen LogP contribution in [0.15, 0.2) is 88.5 Å². The van der Waals surface area contributed by atoms with Gasteiger partial charge in [0.25, 0.3) is 0 Å². The lowest BCUT2D eigenvalue weighted by atomic mass is 10.1. The minimum atomic E-state index is 0.406. The summed E-state index contributed by atoms with van der Waals surface area (Å²) in [6.07, 6.45) is 0.579. The van der Waals surface area contributed by atoms with Gasteiger partial charge in [-0.3, -0.25) is 0 Å². The van der Waals surface area contributed by atoms with E-state index >= 15 is 0 Å². The summed E-state index contributed by atoms with van der Waals surface area (Å²) < 4.78 is 11.7. The Hall–Kier alpha value is -3.42. The second-order valence-electron chi connectivity index (χ2n) is 6.95. The highest BCUT2D eigenvalue weighted by Gasteiger charge is 2.06. The molecule has 0 saturated carbocycles. The van der Waals surface area contributed by atoms with Gasteiger partial charge in [0.05, 0.1) is 16.3 Å². The van der Waals surface area contributed by atoms with Crippen molar-refractivity contribution in [2.24, 2.45) is 10.7 Å². The summed E-state index contributed by atoms with van der Waals surface area (Å²) in [6.45, 7) is 0.819. The van der Waals surface area contributed by atoms with Gasteiger partial charge in [-0.1, -0.05) is 30.3 Å². The average Bonchev–Trinajstić information content (AvgIpc) is 3.52. The molecule has 0 aliphatic rings. The van der Waals surface area contributed by atoms with Gasteiger partial charge in [0, 0.05) is 17.4 Å². The van der Waals surface area contributed by atoms with Gasteiger partial charge in [0.1, 0.15) is 30.5 Å². The van der Waals surface area contributed by atoms with Crippen LogP contribution in [0.4, 0.5) is 5.69 Å². The maximum atomic E-state index is 8.25. The molecule has 5 nitrogen and oxygen atoms in total. The predicted molar refractivity (Wildman–Crippen MR) is 133 cm³/mol. The van der Waals surface area contributed by atoms with Crippen LogP contribution in [0.25, 0.3) is 0 Å². The van der Waals surface area contributed by atoms with E-state index in [1.54, 1.807) is 22.7 Å². The molecule has 7 heteroatoms. The number of aliphatic imine (C=N–C) groups is 1. The molecular weight excluding hydrogens is 438 g/mol. The fourth-order valence-corrected chi connectivity index (χ4v) is 4.37. The molecule has 0 saturated heterocycles. The highest BCUT2D eigenvalue weighted by atomic mass is 32.1. The van der Waals surface area contributed by atoms with E-state index in [9.17, 15) is 0 Å². The maximum absolute atomic E-state index is 8.25. The highest BCUT2D eigenvalue weighted by Crippen LogP contribution is 2.22. The molecule has 0 unspecified atom stereocenters. The second kappa shape index (κ2) is 10.7. The number of nitrogens with zero attached hydrogens (tertiary/aromatic N) is 1. The van der Waals surface area contributed by atoms with Crippen LogP contribution in [0, 0.1) is 5.41 Å². The van der Waals surface area contributed by atoms with Crippen molar-refractivity contribution >= 4 is 39.9 Å². The molecule has 0 fully saturated rings. The van der Waals surface area contributed by atoms with Gasteiger partial charge in [0.15, 0.2) is 0 Å². The van der Waals surface area contributed by atoms with Crippen molar-refractivity contribution in [2.45, 2.75) is 6.42 Å². The number of nitrogens with two attached hydrogens (primary N) is 1. The Kier molecular flexibility index (Phi) is 7.32. The molecule has 4 rings (SSSR count). The Labute approximate surface area is 195 Å². The van der Waals surface area contributed by atoms with E-state index in [0.717, 1.165) is 26.8 Å². The first-order valence-corrected chi connectivity index (χ1v) is 11.9. The van der Waals surface area contributed by atoms with Crippen molar-refractivity contribution in [3.05, 3.63) is 98.9 Å². The zero-order valence-electron chi connectivity index (χ0n) is 17.4. The lowest BCUT2D eigenvalue weighted by Gasteiger charge is -2.10. The second-order valence-corrected chi connectivity index (χ2v) is 8.84. The van der Waals surface area contributed by atoms with Crippen LogP contribution in [-0.4, -0.2) is 24.8 Å². The highest BCUT2D eigenvalue weighted by molar-refractivity contribution is 7.12. The maximum Gasteiger partial charge on any atom is 0.141 e. The summed E-state index contributed by atoms with van der Waals surface area (Å²) >= 11 is 3.14. The van der Waals surface area contributed by atoms with Crippen LogP contribution >= 0.6 is 22.7 Å². The molecule has 3 N–H and O–H groups in total. The monoisotopic (exact) mass is 461 g/mol. The summed E-state index contributed by atoms with van der Waals surface area (Å²) in [4.78, 5) is 6.40. The lowest BCUT2D eigenvalue weighted by molar-refractivity contribution is 0.217. The fraction of sp³-hybridized carbons (Fsp3) is 0.120. The molecule has 2 aromatic carbocycles. The molecule has 0 aliphatic heterocycles. The normalized spacial score (nSPS) is 11.3. The van der Waals surface area contributed by atoms with Gasteiger partial charge in [-0.2, -0.15) is 0 Å². The largest absolute Gasteiger partial charge is 0.490 e. The zero-order valence-corrected chi connectivity index (χ0v) is 19.0. The number of benzene rings is 2. The third kappa shape index (κ3) is 6.06. The topological polar surface area (TPSA) is 80.7 Å². The van der Waals surface area contributed by atoms with Crippen molar-refractivity contribution in [3.63, 3.8) is 0 Å². The minimum absolute atomic E-state index is 0.406. The molecule has 32 heavy (non-hydrogen) atoms. The third-order valence-corrected chi connectivity index (χ3v) is 6.38. The minimum Gasteiger partial charge on any atom is -0.490 e. The van der Waals surface area contributed by atoms with Crippen LogP contribution < -0.4 is 15.2 Å². The number of amidine groups is 1. The summed E-state index contributed by atoms with van der Waals surface area (Å²) in [5.41, 5.74) is 8.48. The van der Waals surface area contributed by atoms with E-state index in [1.807, 2.05) is 83.6 Å². The van der Waals surface area contributed by atoms with Crippen molar-refractivity contribution in [2.75, 3.05) is 13.2 Å². The van der Waals surface area contributed by atoms with E-state index < -0.39 is 0 Å². The summed E-state index contributed by atoms with van der Waals surface area (Å²) in [5.74, 6) is 1.98. The van der Waals surface area contributed by atoms with Gasteiger partial charge >= 0.3 is 0 Å². The van der Waals surface area contributed by atoms with Crippen molar-refractivity contribution in [1.82, 2.24) is 0 Å². The summed E-state index contributed by atoms with van der Waals surface area (Å²) in [7, 11) is 0. The van der Waals surface area contributed by atoms with Crippen LogP contribution in [0.2, 0.25) is 0 Å². The Morgan fingerprint density at radius 3 is 2.16 bits per heavy atom. The first kappa shape index (κ1) is 21.8. The molecule has 2 heterocycles. The van der Waals surface area contributed by atoms with Crippen LogP contribution in [0.5, 0.6) is 11.5 Å². The number of rotatable bonds is 10. The first-order chi connectivity index (χ1) is 15.7. The third-order valence-electron chi connectivity index (χ3n) is 4.56. The molecule has 4 aromatic rings. The number of ether oxygens (including phenoxy) is 2. The molecule has 0 amide bonds. The molecule has 2 aromatic heterocycles. The molecule has 0 bridgehead atoms. The quantitative estimate of drug-likeness (QED) is 0.175. The van der Waals surface area contributed by atoms with Gasteiger partial charge < -0.3 is 20.6 Å². The Bertz CT molecular complexity index is 1190. The van der Waals surface area contributed by atoms with E-state index in [4.69, 9.17) is 20.6 Å². The summed E-state index contributed by atoms with van der Waals surface area (Å²) in [6, 6.07) is 23.2. The lowest BCUT2D eigenvalue weighted by Crippen LogP contribution is -2.10. The molecule has 0 atom stereocenters. The van der Waals surface area contributed by atoms with Gasteiger partial charge in [-0.15, -0.1) is 22.7 Å². The van der Waals surface area contributed by atoms with Crippen LogP contribution in [0.3, 0.4) is 0 Å². The fourth-order valence-electron chi connectivity index (χ4n) is 3.07. The Balaban J connectivity index is 1.27. The van der Waals surface area contributed by atoms with Crippen LogP contribution in [-0.2, 0) is 6.42 Å². The number of thiophene rings is 2. The van der Waals surface area contributed by atoms with E-state index in [-0.39, 0.29) is 0 Å². The average molecular weight is 462 g/mol. The molecule has 0 aliphatic carbocycles. The van der Waals surface area contributed by atoms with Crippen LogP contribution in [0.1, 0.15) is 15.3 Å². The predicted octanol–water partition coefficient (Wildman–Crippen LogP) is 5.91. The molecule has 162 valence electrons. The van der Waals surface area contributed by atoms with Gasteiger partial charge in [-0.25, -0.2) is 4.99 Å². The molecule has 0 radical (unpaired) electrons. The van der Waals surface area contributed by atoms with Crippen molar-refractivity contribution in [3.8, 4) is 11.5 Å².